The Morgan fingerprint density at radius 3 is 2.81 bits per heavy atom. The van der Waals surface area contributed by atoms with Gasteiger partial charge in [-0.2, -0.15) is 0 Å². The molecule has 26 heavy (non-hydrogen) atoms. The third-order valence-corrected chi connectivity index (χ3v) is 4.26. The quantitative estimate of drug-likeness (QED) is 0.399. The van der Waals surface area contributed by atoms with Gasteiger partial charge >= 0.3 is 0 Å². The van der Waals surface area contributed by atoms with Crippen molar-refractivity contribution in [2.24, 2.45) is 10.7 Å². The fourth-order valence-electron chi connectivity index (χ4n) is 2.92. The fraction of sp³-hybridized carbons (Fsp3) is 0.368. The van der Waals surface area contributed by atoms with Crippen molar-refractivity contribution in [3.8, 4) is 5.75 Å². The first kappa shape index (κ1) is 20.3. The van der Waals surface area contributed by atoms with Crippen LogP contribution in [-0.2, 0) is 6.54 Å². The molecule has 0 aliphatic carbocycles. The van der Waals surface area contributed by atoms with Gasteiger partial charge in [-0.15, -0.1) is 24.0 Å². The zero-order valence-corrected chi connectivity index (χ0v) is 17.3. The first-order valence-electron chi connectivity index (χ1n) is 8.65. The molecule has 1 aromatic heterocycles. The smallest absolute Gasteiger partial charge is 0.193 e. The van der Waals surface area contributed by atoms with E-state index in [1.54, 1.807) is 7.11 Å². The molecule has 1 aliphatic heterocycles. The molecular weight excluding hydrogens is 441 g/mol. The van der Waals surface area contributed by atoms with Crippen LogP contribution in [0.1, 0.15) is 24.8 Å². The molecule has 0 amide bonds. The zero-order chi connectivity index (χ0) is 17.5. The molecule has 7 heteroatoms. The number of aliphatic imine (C=N–C) groups is 1. The number of hydrogen-bond acceptors (Lipinski definition) is 4. The number of rotatable bonds is 5. The lowest BCUT2D eigenvalue weighted by atomic mass is 10.1. The number of piperidine rings is 1. The summed E-state index contributed by atoms with van der Waals surface area (Å²) in [5.74, 6) is 2.19. The van der Waals surface area contributed by atoms with Crippen LogP contribution in [0.15, 0.2) is 47.6 Å². The first-order valence-corrected chi connectivity index (χ1v) is 8.65. The van der Waals surface area contributed by atoms with Crippen LogP contribution in [-0.4, -0.2) is 31.1 Å². The molecule has 0 atom stereocenters. The summed E-state index contributed by atoms with van der Waals surface area (Å²) >= 11 is 0. The predicted octanol–water partition coefficient (Wildman–Crippen LogP) is 3.63. The van der Waals surface area contributed by atoms with Crippen LogP contribution in [0.25, 0.3) is 0 Å². The van der Waals surface area contributed by atoms with Gasteiger partial charge in [0.05, 0.1) is 13.7 Å². The Hall–Kier alpha value is -2.03. The molecule has 1 aromatic carbocycles. The van der Waals surface area contributed by atoms with Gasteiger partial charge in [0.1, 0.15) is 11.6 Å². The number of nitrogens with two attached hydrogens (primary N) is 1. The van der Waals surface area contributed by atoms with Gasteiger partial charge in [-0.25, -0.2) is 9.98 Å². The number of halogens is 1. The normalized spacial score (nSPS) is 14.5. The van der Waals surface area contributed by atoms with Crippen molar-refractivity contribution >= 4 is 41.4 Å². The highest BCUT2D eigenvalue weighted by atomic mass is 127. The Kier molecular flexibility index (Phi) is 7.96. The van der Waals surface area contributed by atoms with Crippen molar-refractivity contribution in [2.75, 3.05) is 30.4 Å². The Morgan fingerprint density at radius 2 is 2.04 bits per heavy atom. The van der Waals surface area contributed by atoms with Crippen LogP contribution in [0.2, 0.25) is 0 Å². The molecular formula is C19H26IN5O. The standard InChI is InChI=1S/C19H25N5O.HI/c1-25-17-7-5-6-16(13-17)23-19(20)22-14-15-8-9-21-18(12-15)24-10-3-2-4-11-24;/h5-9,12-13H,2-4,10-11,14H2,1H3,(H3,20,22,23);1H. The molecule has 1 aliphatic rings. The minimum Gasteiger partial charge on any atom is -0.497 e. The van der Waals surface area contributed by atoms with E-state index in [0.29, 0.717) is 12.5 Å². The van der Waals surface area contributed by atoms with Crippen molar-refractivity contribution in [1.29, 1.82) is 0 Å². The summed E-state index contributed by atoms with van der Waals surface area (Å²) < 4.78 is 5.20. The molecule has 0 spiro atoms. The van der Waals surface area contributed by atoms with E-state index in [0.717, 1.165) is 35.9 Å². The van der Waals surface area contributed by atoms with Crippen LogP contribution in [0, 0.1) is 0 Å². The highest BCUT2D eigenvalue weighted by Gasteiger charge is 2.12. The summed E-state index contributed by atoms with van der Waals surface area (Å²) in [6, 6.07) is 11.7. The average molecular weight is 467 g/mol. The number of hydrogen-bond donors (Lipinski definition) is 2. The Balaban J connectivity index is 0.00000243. The van der Waals surface area contributed by atoms with Crippen molar-refractivity contribution in [1.82, 2.24) is 4.98 Å². The molecule has 2 aromatic rings. The summed E-state index contributed by atoms with van der Waals surface area (Å²) in [4.78, 5) is 11.3. The third kappa shape index (κ3) is 5.76. The molecule has 3 N–H and O–H groups in total. The second-order valence-electron chi connectivity index (χ2n) is 6.13. The molecule has 0 saturated carbocycles. The molecule has 2 heterocycles. The summed E-state index contributed by atoms with van der Waals surface area (Å²) in [6.45, 7) is 2.69. The highest BCUT2D eigenvalue weighted by molar-refractivity contribution is 14.0. The van der Waals surface area contributed by atoms with Gasteiger partial charge in [0.2, 0.25) is 0 Å². The SMILES string of the molecule is COc1cccc(NC(N)=NCc2ccnc(N3CCCCC3)c2)c1.I. The van der Waals surface area contributed by atoms with Crippen molar-refractivity contribution in [3.63, 3.8) is 0 Å². The topological polar surface area (TPSA) is 75.8 Å². The Bertz CT molecular complexity index is 731. The van der Waals surface area contributed by atoms with E-state index in [4.69, 9.17) is 10.5 Å². The molecule has 1 fully saturated rings. The number of guanidine groups is 1. The number of benzene rings is 1. The third-order valence-electron chi connectivity index (χ3n) is 4.26. The number of aromatic nitrogens is 1. The van der Waals surface area contributed by atoms with E-state index in [-0.39, 0.29) is 24.0 Å². The van der Waals surface area contributed by atoms with Gasteiger partial charge in [-0.1, -0.05) is 6.07 Å². The summed E-state index contributed by atoms with van der Waals surface area (Å²) in [5.41, 5.74) is 7.95. The lowest BCUT2D eigenvalue weighted by Gasteiger charge is -2.27. The van der Waals surface area contributed by atoms with E-state index in [1.807, 2.05) is 36.5 Å². The second-order valence-corrected chi connectivity index (χ2v) is 6.13. The Labute approximate surface area is 171 Å². The van der Waals surface area contributed by atoms with Crippen LogP contribution in [0.5, 0.6) is 5.75 Å². The summed E-state index contributed by atoms with van der Waals surface area (Å²) in [5, 5.41) is 3.09. The molecule has 1 saturated heterocycles. The molecule has 0 radical (unpaired) electrons. The summed E-state index contributed by atoms with van der Waals surface area (Å²) in [7, 11) is 1.64. The van der Waals surface area contributed by atoms with Crippen LogP contribution >= 0.6 is 24.0 Å². The average Bonchev–Trinajstić information content (AvgIpc) is 2.67. The van der Waals surface area contributed by atoms with Crippen molar-refractivity contribution in [3.05, 3.63) is 48.2 Å². The molecule has 0 bridgehead atoms. The first-order chi connectivity index (χ1) is 12.2. The lowest BCUT2D eigenvalue weighted by Crippen LogP contribution is -2.30. The minimum absolute atomic E-state index is 0. The van der Waals surface area contributed by atoms with Gasteiger partial charge in [0.15, 0.2) is 5.96 Å². The van der Waals surface area contributed by atoms with Crippen LogP contribution in [0.4, 0.5) is 11.5 Å². The van der Waals surface area contributed by atoms with Crippen LogP contribution < -0.4 is 20.7 Å². The number of ether oxygens (including phenoxy) is 1. The molecule has 6 nitrogen and oxygen atoms in total. The van der Waals surface area contributed by atoms with Crippen molar-refractivity contribution < 1.29 is 4.74 Å². The van der Waals surface area contributed by atoms with Gasteiger partial charge < -0.3 is 20.7 Å². The van der Waals surface area contributed by atoms with Crippen molar-refractivity contribution in [2.45, 2.75) is 25.8 Å². The maximum absolute atomic E-state index is 6.00. The number of pyridine rings is 1. The number of nitrogens with one attached hydrogen (secondary N) is 1. The molecule has 3 rings (SSSR count). The van der Waals surface area contributed by atoms with Gasteiger partial charge in [-0.3, -0.25) is 0 Å². The zero-order valence-electron chi connectivity index (χ0n) is 15.0. The van der Waals surface area contributed by atoms with Crippen LogP contribution in [0.3, 0.4) is 0 Å². The van der Waals surface area contributed by atoms with Gasteiger partial charge in [0, 0.05) is 31.0 Å². The maximum Gasteiger partial charge on any atom is 0.193 e. The number of anilines is 2. The van der Waals surface area contributed by atoms with E-state index in [1.165, 1.54) is 19.3 Å². The van der Waals surface area contributed by atoms with E-state index >= 15 is 0 Å². The lowest BCUT2D eigenvalue weighted by molar-refractivity contribution is 0.415. The minimum atomic E-state index is 0. The molecule has 140 valence electrons. The highest BCUT2D eigenvalue weighted by Crippen LogP contribution is 2.19. The van der Waals surface area contributed by atoms with E-state index in [2.05, 4.69) is 26.3 Å². The number of methoxy groups -OCH3 is 1. The second kappa shape index (κ2) is 10.2. The van der Waals surface area contributed by atoms with Gasteiger partial charge in [0.25, 0.3) is 0 Å². The van der Waals surface area contributed by atoms with Gasteiger partial charge in [-0.05, 0) is 49.1 Å². The van der Waals surface area contributed by atoms with E-state index in [9.17, 15) is 0 Å². The summed E-state index contributed by atoms with van der Waals surface area (Å²) in [6.07, 6.45) is 5.64. The number of nitrogens with zero attached hydrogens (tertiary/aromatic N) is 3. The molecule has 0 unspecified atom stereocenters. The monoisotopic (exact) mass is 467 g/mol. The predicted molar refractivity (Wildman–Crippen MR) is 118 cm³/mol. The largest absolute Gasteiger partial charge is 0.497 e. The fourth-order valence-corrected chi connectivity index (χ4v) is 2.92. The Morgan fingerprint density at radius 1 is 1.23 bits per heavy atom. The maximum atomic E-state index is 6.00. The van der Waals surface area contributed by atoms with E-state index < -0.39 is 0 Å².